The Morgan fingerprint density at radius 1 is 1.13 bits per heavy atom. The highest BCUT2D eigenvalue weighted by molar-refractivity contribution is 7.89. The van der Waals surface area contributed by atoms with Gasteiger partial charge in [0, 0.05) is 25.6 Å². The number of nitrogens with one attached hydrogen (secondary N) is 2. The molecule has 9 heteroatoms. The number of piperidine rings is 1. The van der Waals surface area contributed by atoms with Crippen LogP contribution in [0, 0.1) is 0 Å². The summed E-state index contributed by atoms with van der Waals surface area (Å²) in [4.78, 5) is 13.6. The smallest absolute Gasteiger partial charge is 0.243 e. The van der Waals surface area contributed by atoms with Gasteiger partial charge in [-0.05, 0) is 48.4 Å². The van der Waals surface area contributed by atoms with E-state index in [0.29, 0.717) is 36.6 Å². The first kappa shape index (κ1) is 20.8. The molecule has 4 rings (SSSR count). The van der Waals surface area contributed by atoms with Gasteiger partial charge in [-0.2, -0.15) is 9.40 Å². The van der Waals surface area contributed by atoms with E-state index >= 15 is 0 Å². The number of hydrogen-bond acceptors (Lipinski definition) is 5. The van der Waals surface area contributed by atoms with Crippen molar-refractivity contribution < 1.29 is 13.2 Å². The number of aryl methyl sites for hydroxylation is 1. The molecule has 3 aromatic rings. The Kier molecular flexibility index (Phi) is 6.31. The van der Waals surface area contributed by atoms with Gasteiger partial charge in [-0.15, -0.1) is 11.3 Å². The molecule has 0 radical (unpaired) electrons. The van der Waals surface area contributed by atoms with E-state index in [-0.39, 0.29) is 5.91 Å². The van der Waals surface area contributed by atoms with E-state index in [1.54, 1.807) is 39.9 Å². The van der Waals surface area contributed by atoms with Gasteiger partial charge in [0.2, 0.25) is 15.9 Å². The lowest BCUT2D eigenvalue weighted by atomic mass is 10.1. The van der Waals surface area contributed by atoms with Gasteiger partial charge in [-0.1, -0.05) is 24.6 Å². The predicted molar refractivity (Wildman–Crippen MR) is 118 cm³/mol. The minimum atomic E-state index is -3.42. The molecule has 1 saturated heterocycles. The summed E-state index contributed by atoms with van der Waals surface area (Å²) in [7, 11) is -3.42. The minimum absolute atomic E-state index is 0.135. The number of aromatic amines is 1. The number of sulfonamides is 1. The van der Waals surface area contributed by atoms with Crippen molar-refractivity contribution in [3.8, 4) is 10.6 Å². The lowest BCUT2D eigenvalue weighted by molar-refractivity contribution is -0.116. The molecule has 0 saturated carbocycles. The van der Waals surface area contributed by atoms with Gasteiger partial charge in [0.1, 0.15) is 0 Å². The van der Waals surface area contributed by atoms with Gasteiger partial charge in [-0.3, -0.25) is 9.89 Å². The van der Waals surface area contributed by atoms with Crippen molar-refractivity contribution in [2.45, 2.75) is 37.0 Å². The van der Waals surface area contributed by atoms with Crippen LogP contribution in [0.4, 0.5) is 5.82 Å². The van der Waals surface area contributed by atoms with Gasteiger partial charge >= 0.3 is 0 Å². The molecule has 0 bridgehead atoms. The van der Waals surface area contributed by atoms with E-state index in [1.165, 1.54) is 0 Å². The van der Waals surface area contributed by atoms with Crippen LogP contribution in [0.5, 0.6) is 0 Å². The minimum Gasteiger partial charge on any atom is -0.309 e. The highest BCUT2D eigenvalue weighted by Crippen LogP contribution is 2.24. The van der Waals surface area contributed by atoms with Crippen LogP contribution < -0.4 is 5.32 Å². The summed E-state index contributed by atoms with van der Waals surface area (Å²) in [6.07, 6.45) is 3.73. The highest BCUT2D eigenvalue weighted by atomic mass is 32.2. The van der Waals surface area contributed by atoms with E-state index in [4.69, 9.17) is 0 Å². The fraction of sp³-hybridized carbons (Fsp3) is 0.333. The third-order valence-corrected chi connectivity index (χ3v) is 7.96. The first-order valence-corrected chi connectivity index (χ1v) is 12.3. The summed E-state index contributed by atoms with van der Waals surface area (Å²) >= 11 is 1.60. The number of benzene rings is 1. The molecule has 7 nitrogen and oxygen atoms in total. The molecule has 1 aliphatic heterocycles. The molecule has 1 fully saturated rings. The van der Waals surface area contributed by atoms with Crippen LogP contribution in [-0.2, 0) is 21.2 Å². The van der Waals surface area contributed by atoms with E-state index in [9.17, 15) is 13.2 Å². The zero-order chi connectivity index (χ0) is 21.0. The number of aromatic nitrogens is 2. The Morgan fingerprint density at radius 3 is 2.60 bits per heavy atom. The second-order valence-electron chi connectivity index (χ2n) is 7.30. The number of anilines is 1. The molecule has 30 heavy (non-hydrogen) atoms. The molecule has 158 valence electrons. The molecule has 1 amide bonds. The quantitative estimate of drug-likeness (QED) is 0.578. The van der Waals surface area contributed by atoms with E-state index in [0.717, 1.165) is 35.4 Å². The predicted octanol–water partition coefficient (Wildman–Crippen LogP) is 3.88. The Balaban J connectivity index is 1.31. The van der Waals surface area contributed by atoms with Crippen LogP contribution in [0.1, 0.15) is 31.2 Å². The second kappa shape index (κ2) is 9.11. The molecule has 3 heterocycles. The van der Waals surface area contributed by atoms with Gasteiger partial charge in [0.15, 0.2) is 5.82 Å². The van der Waals surface area contributed by atoms with Crippen LogP contribution in [-0.4, -0.2) is 41.9 Å². The van der Waals surface area contributed by atoms with E-state index in [2.05, 4.69) is 15.5 Å². The summed E-state index contributed by atoms with van der Waals surface area (Å²) in [6, 6.07) is 12.6. The van der Waals surface area contributed by atoms with Crippen molar-refractivity contribution >= 4 is 33.1 Å². The number of nitrogens with zero attached hydrogens (tertiary/aromatic N) is 2. The van der Waals surface area contributed by atoms with E-state index in [1.807, 2.05) is 23.6 Å². The van der Waals surface area contributed by atoms with Crippen molar-refractivity contribution in [3.05, 3.63) is 53.4 Å². The molecule has 1 aromatic carbocycles. The average molecular weight is 445 g/mol. The maximum Gasteiger partial charge on any atom is 0.243 e. The summed E-state index contributed by atoms with van der Waals surface area (Å²) in [6.45, 7) is 1.18. The third kappa shape index (κ3) is 4.80. The first-order valence-electron chi connectivity index (χ1n) is 10.0. The van der Waals surface area contributed by atoms with Crippen LogP contribution >= 0.6 is 11.3 Å². The van der Waals surface area contributed by atoms with Crippen molar-refractivity contribution in [2.24, 2.45) is 0 Å². The summed E-state index contributed by atoms with van der Waals surface area (Å²) in [5.74, 6) is 0.357. The topological polar surface area (TPSA) is 95.2 Å². The van der Waals surface area contributed by atoms with Crippen LogP contribution in [0.25, 0.3) is 10.6 Å². The standard InChI is InChI=1S/C21H24N4O3S2/c26-21(22-20-15-18(23-24-20)19-5-4-14-29-19)11-8-16-6-9-17(10-7-16)30(27,28)25-12-2-1-3-13-25/h4-7,9-10,14-15H,1-3,8,11-13H2,(H2,22,23,24,26). The largest absolute Gasteiger partial charge is 0.309 e. The molecular weight excluding hydrogens is 420 g/mol. The Labute approximate surface area is 180 Å². The Morgan fingerprint density at radius 2 is 1.90 bits per heavy atom. The number of carbonyl (C=O) groups excluding carboxylic acids is 1. The number of carbonyl (C=O) groups is 1. The fourth-order valence-corrected chi connectivity index (χ4v) is 5.70. The number of amides is 1. The number of thiophene rings is 1. The first-order chi connectivity index (χ1) is 14.5. The van der Waals surface area contributed by atoms with Gasteiger partial charge in [0.05, 0.1) is 15.5 Å². The van der Waals surface area contributed by atoms with Crippen molar-refractivity contribution in [2.75, 3.05) is 18.4 Å². The van der Waals surface area contributed by atoms with E-state index < -0.39 is 10.0 Å². The number of H-pyrrole nitrogens is 1. The van der Waals surface area contributed by atoms with Gasteiger partial charge in [-0.25, -0.2) is 8.42 Å². The van der Waals surface area contributed by atoms with Crippen LogP contribution in [0.3, 0.4) is 0 Å². The van der Waals surface area contributed by atoms with Crippen molar-refractivity contribution in [1.29, 1.82) is 0 Å². The lowest BCUT2D eigenvalue weighted by Gasteiger charge is -2.25. The molecule has 0 spiro atoms. The summed E-state index contributed by atoms with van der Waals surface area (Å²) in [5.41, 5.74) is 1.79. The maximum absolute atomic E-state index is 12.7. The second-order valence-corrected chi connectivity index (χ2v) is 10.2. The molecule has 2 N–H and O–H groups in total. The molecule has 1 aliphatic rings. The van der Waals surface area contributed by atoms with Crippen LogP contribution in [0.2, 0.25) is 0 Å². The van der Waals surface area contributed by atoms with Gasteiger partial charge < -0.3 is 5.32 Å². The van der Waals surface area contributed by atoms with Gasteiger partial charge in [0.25, 0.3) is 0 Å². The molecule has 0 aliphatic carbocycles. The zero-order valence-electron chi connectivity index (χ0n) is 16.5. The molecule has 2 aromatic heterocycles. The van der Waals surface area contributed by atoms with Crippen LogP contribution in [0.15, 0.2) is 52.7 Å². The number of hydrogen-bond donors (Lipinski definition) is 2. The lowest BCUT2D eigenvalue weighted by Crippen LogP contribution is -2.35. The highest BCUT2D eigenvalue weighted by Gasteiger charge is 2.25. The Hall–Kier alpha value is -2.49. The normalized spacial score (nSPS) is 15.2. The van der Waals surface area contributed by atoms with Crippen molar-refractivity contribution in [1.82, 2.24) is 14.5 Å². The summed E-state index contributed by atoms with van der Waals surface area (Å²) in [5, 5.41) is 11.8. The summed E-state index contributed by atoms with van der Waals surface area (Å²) < 4.78 is 27.0. The fourth-order valence-electron chi connectivity index (χ4n) is 3.49. The molecule has 0 atom stereocenters. The third-order valence-electron chi connectivity index (χ3n) is 5.15. The molecular formula is C21H24N4O3S2. The zero-order valence-corrected chi connectivity index (χ0v) is 18.1. The SMILES string of the molecule is O=C(CCc1ccc(S(=O)(=O)N2CCCCC2)cc1)Nc1cc(-c2cccs2)[nH]n1. The molecule has 0 unspecified atom stereocenters. The monoisotopic (exact) mass is 444 g/mol. The number of rotatable bonds is 7. The van der Waals surface area contributed by atoms with Crippen molar-refractivity contribution in [3.63, 3.8) is 0 Å². The maximum atomic E-state index is 12.7. The Bertz CT molecular complexity index is 1080. The average Bonchev–Trinajstić information content (AvgIpc) is 3.45.